The van der Waals surface area contributed by atoms with Crippen LogP contribution in [0.15, 0.2) is 23.6 Å². The minimum absolute atomic E-state index is 0.785. The van der Waals surface area contributed by atoms with E-state index in [0.29, 0.717) is 0 Å². The first-order chi connectivity index (χ1) is 8.26. The maximum absolute atomic E-state index is 5.25. The Morgan fingerprint density at radius 1 is 1.12 bits per heavy atom. The normalized spacial score (nSPS) is 10.3. The molecule has 0 aliphatic rings. The number of hydrogen-bond donors (Lipinski definition) is 0. The van der Waals surface area contributed by atoms with E-state index in [1.54, 1.807) is 25.6 Å². The average molecular weight is 249 g/mol. The zero-order valence-corrected chi connectivity index (χ0v) is 11.0. The number of rotatable bonds is 4. The largest absolute Gasteiger partial charge is 0.497 e. The quantitative estimate of drug-likeness (QED) is 0.832. The van der Waals surface area contributed by atoms with Crippen LogP contribution < -0.4 is 9.47 Å². The van der Waals surface area contributed by atoms with Crippen LogP contribution in [0.3, 0.4) is 0 Å². The number of thiazole rings is 1. The molecular weight excluding hydrogens is 234 g/mol. The Morgan fingerprint density at radius 3 is 2.24 bits per heavy atom. The second-order valence-electron chi connectivity index (χ2n) is 3.60. The van der Waals surface area contributed by atoms with Crippen LogP contribution in [-0.2, 0) is 6.42 Å². The predicted octanol–water partition coefficient (Wildman–Crippen LogP) is 3.39. The third-order valence-electron chi connectivity index (χ3n) is 2.51. The summed E-state index contributed by atoms with van der Waals surface area (Å²) >= 11 is 1.64. The first-order valence-corrected chi connectivity index (χ1v) is 6.32. The Bertz CT molecular complexity index is 486. The maximum atomic E-state index is 5.25. The predicted molar refractivity (Wildman–Crippen MR) is 70.0 cm³/mol. The van der Waals surface area contributed by atoms with Crippen molar-refractivity contribution in [2.45, 2.75) is 13.3 Å². The fourth-order valence-corrected chi connectivity index (χ4v) is 2.42. The highest BCUT2D eigenvalue weighted by molar-refractivity contribution is 7.13. The molecule has 1 aromatic carbocycles. The number of nitrogens with zero attached hydrogens (tertiary/aromatic N) is 1. The van der Waals surface area contributed by atoms with Crippen LogP contribution in [0, 0.1) is 0 Å². The van der Waals surface area contributed by atoms with Crippen molar-refractivity contribution < 1.29 is 9.47 Å². The number of aromatic nitrogens is 1. The summed E-state index contributed by atoms with van der Waals surface area (Å²) in [6, 6.07) is 5.80. The van der Waals surface area contributed by atoms with E-state index in [0.717, 1.165) is 34.2 Å². The van der Waals surface area contributed by atoms with Crippen molar-refractivity contribution in [2.24, 2.45) is 0 Å². The molecule has 2 rings (SSSR count). The van der Waals surface area contributed by atoms with Gasteiger partial charge >= 0.3 is 0 Å². The molecule has 90 valence electrons. The van der Waals surface area contributed by atoms with Crippen molar-refractivity contribution in [1.29, 1.82) is 0 Å². The number of benzene rings is 1. The summed E-state index contributed by atoms with van der Waals surface area (Å²) in [4.78, 5) is 4.56. The summed E-state index contributed by atoms with van der Waals surface area (Å²) in [6.07, 6.45) is 0.956. The molecule has 0 fully saturated rings. The molecule has 1 aromatic heterocycles. The third kappa shape index (κ3) is 2.58. The second-order valence-corrected chi connectivity index (χ2v) is 4.46. The van der Waals surface area contributed by atoms with Crippen LogP contribution in [0.25, 0.3) is 10.6 Å². The van der Waals surface area contributed by atoms with Crippen LogP contribution in [0.2, 0.25) is 0 Å². The lowest BCUT2D eigenvalue weighted by atomic mass is 10.2. The molecule has 0 N–H and O–H groups in total. The van der Waals surface area contributed by atoms with Gasteiger partial charge in [0.25, 0.3) is 0 Å². The summed E-state index contributed by atoms with van der Waals surface area (Å²) in [5, 5.41) is 3.08. The van der Waals surface area contributed by atoms with Gasteiger partial charge in [-0.3, -0.25) is 0 Å². The smallest absolute Gasteiger partial charge is 0.123 e. The van der Waals surface area contributed by atoms with Gasteiger partial charge in [0.15, 0.2) is 0 Å². The molecule has 0 aliphatic carbocycles. The highest BCUT2D eigenvalue weighted by atomic mass is 32.1. The first kappa shape index (κ1) is 11.9. The van der Waals surface area contributed by atoms with E-state index < -0.39 is 0 Å². The van der Waals surface area contributed by atoms with E-state index in [1.165, 1.54) is 0 Å². The van der Waals surface area contributed by atoms with Crippen molar-refractivity contribution in [3.63, 3.8) is 0 Å². The van der Waals surface area contributed by atoms with Gasteiger partial charge in [-0.05, 0) is 18.6 Å². The molecule has 3 nitrogen and oxygen atoms in total. The highest BCUT2D eigenvalue weighted by Gasteiger charge is 2.07. The molecule has 0 aliphatic heterocycles. The van der Waals surface area contributed by atoms with E-state index in [1.807, 2.05) is 18.2 Å². The van der Waals surface area contributed by atoms with Gasteiger partial charge in [-0.2, -0.15) is 0 Å². The summed E-state index contributed by atoms with van der Waals surface area (Å²) in [6.45, 7) is 2.10. The summed E-state index contributed by atoms with van der Waals surface area (Å²) in [5.41, 5.74) is 2.15. The molecular formula is C13H15NO2S. The molecule has 4 heteroatoms. The Balaban J connectivity index is 2.43. The van der Waals surface area contributed by atoms with Gasteiger partial charge in [0.05, 0.1) is 19.9 Å². The van der Waals surface area contributed by atoms with Crippen molar-refractivity contribution in [2.75, 3.05) is 14.2 Å². The van der Waals surface area contributed by atoms with E-state index in [9.17, 15) is 0 Å². The Hall–Kier alpha value is -1.55. The van der Waals surface area contributed by atoms with Gasteiger partial charge in [-0.25, -0.2) is 4.98 Å². The molecule has 0 saturated heterocycles. The van der Waals surface area contributed by atoms with Gasteiger partial charge in [0.1, 0.15) is 16.5 Å². The topological polar surface area (TPSA) is 31.4 Å². The van der Waals surface area contributed by atoms with Crippen molar-refractivity contribution in [3.05, 3.63) is 29.3 Å². The van der Waals surface area contributed by atoms with Gasteiger partial charge in [0.2, 0.25) is 0 Å². The van der Waals surface area contributed by atoms with Crippen molar-refractivity contribution in [1.82, 2.24) is 4.98 Å². The molecule has 0 spiro atoms. The molecule has 0 saturated carbocycles. The fraction of sp³-hybridized carbons (Fsp3) is 0.308. The zero-order chi connectivity index (χ0) is 12.3. The molecule has 0 unspecified atom stereocenters. The lowest BCUT2D eigenvalue weighted by Gasteiger charge is -2.06. The lowest BCUT2D eigenvalue weighted by Crippen LogP contribution is -1.89. The summed E-state index contributed by atoms with van der Waals surface area (Å²) in [7, 11) is 3.30. The summed E-state index contributed by atoms with van der Waals surface area (Å²) < 4.78 is 10.5. The Labute approximate surface area is 105 Å². The standard InChI is InChI=1S/C13H15NO2S/c1-4-10-8-17-13(14-10)9-5-11(15-2)7-12(6-9)16-3/h5-8H,4H2,1-3H3. The molecule has 17 heavy (non-hydrogen) atoms. The van der Waals surface area contributed by atoms with E-state index >= 15 is 0 Å². The van der Waals surface area contributed by atoms with Crippen LogP contribution in [-0.4, -0.2) is 19.2 Å². The molecule has 0 radical (unpaired) electrons. The van der Waals surface area contributed by atoms with Crippen LogP contribution in [0.5, 0.6) is 11.5 Å². The van der Waals surface area contributed by atoms with Crippen LogP contribution in [0.1, 0.15) is 12.6 Å². The molecule has 0 atom stereocenters. The molecule has 1 heterocycles. The summed E-state index contributed by atoms with van der Waals surface area (Å²) in [5.74, 6) is 1.57. The third-order valence-corrected chi connectivity index (χ3v) is 3.45. The SMILES string of the molecule is CCc1csc(-c2cc(OC)cc(OC)c2)n1. The van der Waals surface area contributed by atoms with Crippen molar-refractivity contribution >= 4 is 11.3 Å². The van der Waals surface area contributed by atoms with E-state index in [2.05, 4.69) is 17.3 Å². The maximum Gasteiger partial charge on any atom is 0.123 e. The number of methoxy groups -OCH3 is 2. The fourth-order valence-electron chi connectivity index (χ4n) is 1.53. The monoisotopic (exact) mass is 249 g/mol. The van der Waals surface area contributed by atoms with Gasteiger partial charge < -0.3 is 9.47 Å². The van der Waals surface area contributed by atoms with E-state index in [4.69, 9.17) is 9.47 Å². The number of hydrogen-bond acceptors (Lipinski definition) is 4. The van der Waals surface area contributed by atoms with Crippen molar-refractivity contribution in [3.8, 4) is 22.1 Å². The highest BCUT2D eigenvalue weighted by Crippen LogP contribution is 2.31. The lowest BCUT2D eigenvalue weighted by molar-refractivity contribution is 0.394. The Morgan fingerprint density at radius 2 is 1.76 bits per heavy atom. The van der Waals surface area contributed by atoms with Gasteiger partial charge in [0, 0.05) is 17.0 Å². The van der Waals surface area contributed by atoms with Gasteiger partial charge in [-0.15, -0.1) is 11.3 Å². The molecule has 2 aromatic rings. The molecule has 0 amide bonds. The minimum atomic E-state index is 0.785. The number of aryl methyl sites for hydroxylation is 1. The zero-order valence-electron chi connectivity index (χ0n) is 10.2. The average Bonchev–Trinajstić information content (AvgIpc) is 2.86. The van der Waals surface area contributed by atoms with E-state index in [-0.39, 0.29) is 0 Å². The second kappa shape index (κ2) is 5.19. The first-order valence-electron chi connectivity index (χ1n) is 5.44. The Kier molecular flexibility index (Phi) is 3.64. The van der Waals surface area contributed by atoms with Crippen LogP contribution in [0.4, 0.5) is 0 Å². The van der Waals surface area contributed by atoms with Crippen LogP contribution >= 0.6 is 11.3 Å². The van der Waals surface area contributed by atoms with Gasteiger partial charge in [-0.1, -0.05) is 6.92 Å². The molecule has 0 bridgehead atoms. The minimum Gasteiger partial charge on any atom is -0.497 e. The number of ether oxygens (including phenoxy) is 2.